The maximum absolute atomic E-state index is 14.4. The predicted molar refractivity (Wildman–Crippen MR) is 140 cm³/mol. The van der Waals surface area contributed by atoms with Gasteiger partial charge in [-0.1, -0.05) is 35.5 Å². The van der Waals surface area contributed by atoms with Gasteiger partial charge in [0, 0.05) is 11.2 Å². The zero-order valence-electron chi connectivity index (χ0n) is 21.3. The van der Waals surface area contributed by atoms with E-state index in [9.17, 15) is 14.0 Å². The van der Waals surface area contributed by atoms with E-state index in [1.165, 1.54) is 27.8 Å². The van der Waals surface area contributed by atoms with Crippen molar-refractivity contribution in [2.45, 2.75) is 45.8 Å². The number of para-hydroxylation sites is 1. The summed E-state index contributed by atoms with van der Waals surface area (Å²) >= 11 is 0. The number of hydrogen-bond acceptors (Lipinski definition) is 5. The number of anilines is 1. The lowest BCUT2D eigenvalue weighted by Gasteiger charge is -2.34. The molecule has 0 radical (unpaired) electrons. The Kier molecular flexibility index (Phi) is 7.52. The number of amides is 2. The van der Waals surface area contributed by atoms with Crippen LogP contribution in [-0.2, 0) is 16.1 Å². The number of hydrogen-bond donors (Lipinski definition) is 1. The Balaban J connectivity index is 1.81. The number of halogens is 1. The van der Waals surface area contributed by atoms with Crippen molar-refractivity contribution < 1.29 is 18.7 Å². The van der Waals surface area contributed by atoms with Crippen molar-refractivity contribution in [3.8, 4) is 5.75 Å². The molecule has 0 spiro atoms. The second-order valence-electron chi connectivity index (χ2n) is 9.62. The van der Waals surface area contributed by atoms with Gasteiger partial charge in [0.1, 0.15) is 29.7 Å². The van der Waals surface area contributed by atoms with Crippen LogP contribution in [0.15, 0.2) is 72.8 Å². The molecule has 1 unspecified atom stereocenters. The highest BCUT2D eigenvalue weighted by atomic mass is 19.1. The number of nitrogens with zero attached hydrogens (tertiary/aromatic N) is 4. The Morgan fingerprint density at radius 3 is 2.46 bits per heavy atom. The highest BCUT2D eigenvalue weighted by Gasteiger charge is 2.35. The highest BCUT2D eigenvalue weighted by molar-refractivity contribution is 6.01. The lowest BCUT2D eigenvalue weighted by molar-refractivity contribution is -0.128. The van der Waals surface area contributed by atoms with Gasteiger partial charge in [0.25, 0.3) is 0 Å². The SMILES string of the molecule is CCOc1ccc(C(C(=O)NC(C)(C)C)N(C(=O)Cn2nnc3ccccc32)c2cccc(F)c2)cc1. The first-order valence-electron chi connectivity index (χ1n) is 12.1. The fraction of sp³-hybridized carbons (Fsp3) is 0.286. The van der Waals surface area contributed by atoms with Crippen LogP contribution in [0.2, 0.25) is 0 Å². The molecule has 0 aliphatic heterocycles. The number of aromatic nitrogens is 3. The number of carbonyl (C=O) groups excluding carboxylic acids is 2. The smallest absolute Gasteiger partial charge is 0.249 e. The summed E-state index contributed by atoms with van der Waals surface area (Å²) in [6.07, 6.45) is 0. The maximum Gasteiger partial charge on any atom is 0.249 e. The second-order valence-corrected chi connectivity index (χ2v) is 9.62. The largest absolute Gasteiger partial charge is 0.494 e. The van der Waals surface area contributed by atoms with Crippen LogP contribution in [0.4, 0.5) is 10.1 Å². The monoisotopic (exact) mass is 503 g/mol. The van der Waals surface area contributed by atoms with Gasteiger partial charge in [-0.05, 0) is 75.7 Å². The quantitative estimate of drug-likeness (QED) is 0.378. The average molecular weight is 504 g/mol. The first-order chi connectivity index (χ1) is 17.7. The van der Waals surface area contributed by atoms with E-state index in [0.717, 1.165) is 0 Å². The van der Waals surface area contributed by atoms with Crippen molar-refractivity contribution in [1.82, 2.24) is 20.3 Å². The Bertz CT molecular complexity index is 1390. The molecule has 8 nitrogen and oxygen atoms in total. The summed E-state index contributed by atoms with van der Waals surface area (Å²) in [6, 6.07) is 18.8. The minimum absolute atomic E-state index is 0.201. The molecule has 0 bridgehead atoms. The first kappa shape index (κ1) is 25.8. The molecule has 0 saturated heterocycles. The normalized spacial score (nSPS) is 12.2. The summed E-state index contributed by atoms with van der Waals surface area (Å²) in [6.45, 7) is 7.74. The third-order valence-electron chi connectivity index (χ3n) is 5.57. The molecule has 2 amide bonds. The molecule has 3 aromatic carbocycles. The molecule has 0 saturated carbocycles. The van der Waals surface area contributed by atoms with Gasteiger partial charge in [-0.25, -0.2) is 9.07 Å². The van der Waals surface area contributed by atoms with E-state index in [1.54, 1.807) is 36.4 Å². The van der Waals surface area contributed by atoms with Crippen LogP contribution in [-0.4, -0.2) is 39.0 Å². The van der Waals surface area contributed by atoms with Gasteiger partial charge < -0.3 is 10.1 Å². The summed E-state index contributed by atoms with van der Waals surface area (Å²) < 4.78 is 21.4. The Morgan fingerprint density at radius 2 is 1.78 bits per heavy atom. The number of ether oxygens (including phenoxy) is 1. The van der Waals surface area contributed by atoms with Crippen LogP contribution in [0.3, 0.4) is 0 Å². The molecule has 0 aliphatic rings. The van der Waals surface area contributed by atoms with Crippen molar-refractivity contribution >= 4 is 28.5 Å². The average Bonchev–Trinajstić information content (AvgIpc) is 3.25. The van der Waals surface area contributed by atoms with E-state index in [2.05, 4.69) is 15.6 Å². The van der Waals surface area contributed by atoms with E-state index in [-0.39, 0.29) is 12.2 Å². The molecule has 1 N–H and O–H groups in total. The van der Waals surface area contributed by atoms with E-state index in [4.69, 9.17) is 4.74 Å². The predicted octanol–water partition coefficient (Wildman–Crippen LogP) is 4.66. The Morgan fingerprint density at radius 1 is 1.05 bits per heavy atom. The topological polar surface area (TPSA) is 89.4 Å². The minimum atomic E-state index is -1.08. The van der Waals surface area contributed by atoms with Crippen LogP contribution in [0, 0.1) is 5.82 Å². The molecule has 192 valence electrons. The van der Waals surface area contributed by atoms with Crippen LogP contribution in [0.1, 0.15) is 39.3 Å². The lowest BCUT2D eigenvalue weighted by atomic mass is 10.0. The van der Waals surface area contributed by atoms with Crippen molar-refractivity contribution in [3.05, 3.63) is 84.2 Å². The van der Waals surface area contributed by atoms with Crippen molar-refractivity contribution in [2.75, 3.05) is 11.5 Å². The number of carbonyl (C=O) groups is 2. The molecule has 1 heterocycles. The third kappa shape index (κ3) is 6.11. The number of nitrogens with one attached hydrogen (secondary N) is 1. The second kappa shape index (κ2) is 10.8. The number of rotatable bonds is 8. The molecule has 0 fully saturated rings. The van der Waals surface area contributed by atoms with Gasteiger partial charge in [0.15, 0.2) is 0 Å². The molecule has 1 aromatic heterocycles. The fourth-order valence-electron chi connectivity index (χ4n) is 4.07. The van der Waals surface area contributed by atoms with E-state index in [0.29, 0.717) is 29.0 Å². The van der Waals surface area contributed by atoms with Crippen LogP contribution in [0.5, 0.6) is 5.75 Å². The van der Waals surface area contributed by atoms with E-state index >= 15 is 0 Å². The van der Waals surface area contributed by atoms with E-state index in [1.807, 2.05) is 45.9 Å². The van der Waals surface area contributed by atoms with Crippen molar-refractivity contribution in [2.24, 2.45) is 0 Å². The lowest BCUT2D eigenvalue weighted by Crippen LogP contribution is -2.50. The summed E-state index contributed by atoms with van der Waals surface area (Å²) in [4.78, 5) is 29.0. The Hall–Kier alpha value is -4.27. The first-order valence-corrected chi connectivity index (χ1v) is 12.1. The van der Waals surface area contributed by atoms with Crippen LogP contribution < -0.4 is 15.0 Å². The third-order valence-corrected chi connectivity index (χ3v) is 5.57. The zero-order chi connectivity index (χ0) is 26.6. The molecular formula is C28H30FN5O3. The summed E-state index contributed by atoms with van der Waals surface area (Å²) in [7, 11) is 0. The molecule has 9 heteroatoms. The van der Waals surface area contributed by atoms with Gasteiger partial charge in [-0.3, -0.25) is 14.5 Å². The van der Waals surface area contributed by atoms with Gasteiger partial charge in [0.2, 0.25) is 11.8 Å². The van der Waals surface area contributed by atoms with Crippen LogP contribution >= 0.6 is 0 Å². The summed E-state index contributed by atoms with van der Waals surface area (Å²) in [5, 5.41) is 11.2. The Labute approximate surface area is 215 Å². The van der Waals surface area contributed by atoms with E-state index < -0.39 is 29.2 Å². The van der Waals surface area contributed by atoms with Crippen LogP contribution in [0.25, 0.3) is 11.0 Å². The molecule has 37 heavy (non-hydrogen) atoms. The summed E-state index contributed by atoms with van der Waals surface area (Å²) in [5.41, 5.74) is 1.54. The standard InChI is InChI=1S/C28H30FN5O3/c1-5-37-22-15-13-19(14-16-22)26(27(36)30-28(2,3)4)34(21-10-8-9-20(29)17-21)25(35)18-33-24-12-7-6-11-23(24)31-32-33/h6-17,26H,5,18H2,1-4H3,(H,30,36). The number of benzene rings is 3. The molecule has 1 atom stereocenters. The van der Waals surface area contributed by atoms with Gasteiger partial charge >= 0.3 is 0 Å². The fourth-order valence-corrected chi connectivity index (χ4v) is 4.07. The van der Waals surface area contributed by atoms with Gasteiger partial charge in [0.05, 0.1) is 12.1 Å². The van der Waals surface area contributed by atoms with Gasteiger partial charge in [-0.2, -0.15) is 0 Å². The molecule has 4 aromatic rings. The van der Waals surface area contributed by atoms with Crippen molar-refractivity contribution in [3.63, 3.8) is 0 Å². The highest BCUT2D eigenvalue weighted by Crippen LogP contribution is 2.31. The summed E-state index contributed by atoms with van der Waals surface area (Å²) in [5.74, 6) is -0.746. The zero-order valence-corrected chi connectivity index (χ0v) is 21.3. The molecule has 0 aliphatic carbocycles. The molecule has 4 rings (SSSR count). The number of fused-ring (bicyclic) bond motifs is 1. The maximum atomic E-state index is 14.4. The minimum Gasteiger partial charge on any atom is -0.494 e. The van der Waals surface area contributed by atoms with Crippen molar-refractivity contribution in [1.29, 1.82) is 0 Å². The molecular weight excluding hydrogens is 473 g/mol. The van der Waals surface area contributed by atoms with Gasteiger partial charge in [-0.15, -0.1) is 5.10 Å².